The van der Waals surface area contributed by atoms with Crippen molar-refractivity contribution in [2.24, 2.45) is 0 Å². The molecular formula is C15H26N4O. The van der Waals surface area contributed by atoms with Gasteiger partial charge in [0.15, 0.2) is 0 Å². The summed E-state index contributed by atoms with van der Waals surface area (Å²) < 4.78 is 0. The Morgan fingerprint density at radius 1 is 1.40 bits per heavy atom. The molecule has 0 atom stereocenters. The Bertz CT molecular complexity index is 420. The molecule has 1 heterocycles. The molecule has 0 aliphatic heterocycles. The third-order valence-corrected chi connectivity index (χ3v) is 2.85. The molecule has 0 unspecified atom stereocenters. The maximum atomic E-state index is 11.8. The van der Waals surface area contributed by atoms with Gasteiger partial charge in [-0.2, -0.15) is 0 Å². The van der Waals surface area contributed by atoms with Gasteiger partial charge in [0.25, 0.3) is 0 Å². The fraction of sp³-hybridized carbons (Fsp3) is 0.600. The number of carbonyl (C=O) groups is 1. The topological polar surface area (TPSA) is 57.3 Å². The summed E-state index contributed by atoms with van der Waals surface area (Å²) in [5.74, 6) is 0.954. The average Bonchev–Trinajstić information content (AvgIpc) is 2.37. The zero-order chi connectivity index (χ0) is 15.0. The van der Waals surface area contributed by atoms with Crippen LogP contribution in [0.4, 0.5) is 5.82 Å². The minimum atomic E-state index is 0.0720. The molecule has 0 aromatic carbocycles. The van der Waals surface area contributed by atoms with Gasteiger partial charge in [-0.05, 0) is 45.0 Å². The number of nitrogens with zero attached hydrogens (tertiary/aromatic N) is 2. The summed E-state index contributed by atoms with van der Waals surface area (Å²) in [6.07, 6.45) is 1.80. The first-order valence-electron chi connectivity index (χ1n) is 7.25. The average molecular weight is 278 g/mol. The van der Waals surface area contributed by atoms with Crippen LogP contribution in [0.25, 0.3) is 0 Å². The Balaban J connectivity index is 2.59. The fourth-order valence-electron chi connectivity index (χ4n) is 1.96. The lowest BCUT2D eigenvalue weighted by Crippen LogP contribution is -2.39. The number of hydrogen-bond donors (Lipinski definition) is 2. The lowest BCUT2D eigenvalue weighted by molar-refractivity contribution is -0.122. The van der Waals surface area contributed by atoms with E-state index in [0.717, 1.165) is 31.0 Å². The summed E-state index contributed by atoms with van der Waals surface area (Å²) >= 11 is 0. The van der Waals surface area contributed by atoms with E-state index in [1.54, 1.807) is 6.20 Å². The van der Waals surface area contributed by atoms with E-state index in [-0.39, 0.29) is 11.9 Å². The normalized spacial score (nSPS) is 10.9. The highest BCUT2D eigenvalue weighted by molar-refractivity contribution is 5.78. The smallest absolute Gasteiger partial charge is 0.234 e. The molecule has 1 rings (SSSR count). The van der Waals surface area contributed by atoms with Crippen molar-refractivity contribution in [1.29, 1.82) is 0 Å². The third-order valence-electron chi connectivity index (χ3n) is 2.85. The van der Waals surface area contributed by atoms with Gasteiger partial charge in [-0.3, -0.25) is 9.69 Å². The molecule has 2 N–H and O–H groups in total. The lowest BCUT2D eigenvalue weighted by Gasteiger charge is -2.21. The summed E-state index contributed by atoms with van der Waals surface area (Å²) in [4.78, 5) is 18.2. The van der Waals surface area contributed by atoms with Gasteiger partial charge in [-0.15, -0.1) is 0 Å². The van der Waals surface area contributed by atoms with Crippen LogP contribution in [-0.2, 0) is 11.3 Å². The molecule has 0 saturated carbocycles. The number of amides is 1. The molecule has 1 amide bonds. The van der Waals surface area contributed by atoms with E-state index >= 15 is 0 Å². The number of pyridine rings is 1. The van der Waals surface area contributed by atoms with Crippen molar-refractivity contribution in [1.82, 2.24) is 15.2 Å². The van der Waals surface area contributed by atoms with Crippen molar-refractivity contribution in [3.05, 3.63) is 23.9 Å². The van der Waals surface area contributed by atoms with Crippen molar-refractivity contribution in [2.75, 3.05) is 25.0 Å². The number of likely N-dealkylation sites (N-methyl/N-ethyl adjacent to an activating group) is 1. The van der Waals surface area contributed by atoms with Crippen LogP contribution in [0.15, 0.2) is 18.3 Å². The molecule has 0 saturated heterocycles. The Morgan fingerprint density at radius 2 is 2.15 bits per heavy atom. The van der Waals surface area contributed by atoms with Gasteiger partial charge >= 0.3 is 0 Å². The molecule has 0 fully saturated rings. The maximum Gasteiger partial charge on any atom is 0.234 e. The van der Waals surface area contributed by atoms with Crippen LogP contribution in [0.5, 0.6) is 0 Å². The van der Waals surface area contributed by atoms with Crippen molar-refractivity contribution >= 4 is 11.7 Å². The van der Waals surface area contributed by atoms with Crippen LogP contribution >= 0.6 is 0 Å². The van der Waals surface area contributed by atoms with Crippen LogP contribution in [0.3, 0.4) is 0 Å². The SMILES string of the molecule is CCNc1cc(CN(CC)CC(=O)NC(C)C)ccn1. The van der Waals surface area contributed by atoms with Gasteiger partial charge in [0.1, 0.15) is 5.82 Å². The maximum absolute atomic E-state index is 11.8. The highest BCUT2D eigenvalue weighted by atomic mass is 16.2. The van der Waals surface area contributed by atoms with E-state index in [4.69, 9.17) is 0 Å². The van der Waals surface area contributed by atoms with E-state index in [1.807, 2.05) is 32.9 Å². The zero-order valence-electron chi connectivity index (χ0n) is 12.9. The van der Waals surface area contributed by atoms with E-state index in [9.17, 15) is 4.79 Å². The second-order valence-corrected chi connectivity index (χ2v) is 5.11. The first-order chi connectivity index (χ1) is 9.55. The van der Waals surface area contributed by atoms with E-state index in [2.05, 4.69) is 27.4 Å². The van der Waals surface area contributed by atoms with Gasteiger partial charge in [0.2, 0.25) is 5.91 Å². The molecule has 1 aromatic heterocycles. The minimum Gasteiger partial charge on any atom is -0.370 e. The molecule has 5 heteroatoms. The standard InChI is InChI=1S/C15H26N4O/c1-5-16-14-9-13(7-8-17-14)10-19(6-2)11-15(20)18-12(3)4/h7-9,12H,5-6,10-11H2,1-4H3,(H,16,17)(H,18,20). The summed E-state index contributed by atoms with van der Waals surface area (Å²) in [5, 5.41) is 6.12. The summed E-state index contributed by atoms with van der Waals surface area (Å²) in [6, 6.07) is 4.21. The van der Waals surface area contributed by atoms with Crippen LogP contribution < -0.4 is 10.6 Å². The van der Waals surface area contributed by atoms with Crippen molar-refractivity contribution in [2.45, 2.75) is 40.3 Å². The minimum absolute atomic E-state index is 0.0720. The molecule has 0 aliphatic rings. The summed E-state index contributed by atoms with van der Waals surface area (Å²) in [6.45, 7) is 10.9. The molecule has 112 valence electrons. The zero-order valence-corrected chi connectivity index (χ0v) is 12.9. The van der Waals surface area contributed by atoms with Crippen molar-refractivity contribution in [3.63, 3.8) is 0 Å². The Hall–Kier alpha value is -1.62. The van der Waals surface area contributed by atoms with Gasteiger partial charge in [0.05, 0.1) is 6.54 Å². The molecule has 0 aliphatic carbocycles. The Kier molecular flexibility index (Phi) is 7.01. The fourth-order valence-corrected chi connectivity index (χ4v) is 1.96. The third kappa shape index (κ3) is 6.02. The molecule has 20 heavy (non-hydrogen) atoms. The molecule has 0 bridgehead atoms. The van der Waals surface area contributed by atoms with Crippen LogP contribution in [-0.4, -0.2) is 41.5 Å². The summed E-state index contributed by atoms with van der Waals surface area (Å²) in [5.41, 5.74) is 1.16. The molecule has 1 aromatic rings. The molecular weight excluding hydrogens is 252 g/mol. The van der Waals surface area contributed by atoms with Gasteiger partial charge < -0.3 is 10.6 Å². The molecule has 0 radical (unpaired) electrons. The predicted octanol–water partition coefficient (Wildman–Crippen LogP) is 1.86. The van der Waals surface area contributed by atoms with E-state index < -0.39 is 0 Å². The first-order valence-corrected chi connectivity index (χ1v) is 7.25. The largest absolute Gasteiger partial charge is 0.370 e. The second-order valence-electron chi connectivity index (χ2n) is 5.11. The number of hydrogen-bond acceptors (Lipinski definition) is 4. The highest BCUT2D eigenvalue weighted by Gasteiger charge is 2.10. The quantitative estimate of drug-likeness (QED) is 0.762. The van der Waals surface area contributed by atoms with Gasteiger partial charge in [-0.25, -0.2) is 4.98 Å². The number of nitrogens with one attached hydrogen (secondary N) is 2. The Labute approximate surface area is 121 Å². The van der Waals surface area contributed by atoms with E-state index in [1.165, 1.54) is 0 Å². The number of rotatable bonds is 8. The first kappa shape index (κ1) is 16.4. The molecule has 0 spiro atoms. The van der Waals surface area contributed by atoms with Gasteiger partial charge in [0, 0.05) is 25.3 Å². The van der Waals surface area contributed by atoms with Crippen molar-refractivity contribution < 1.29 is 4.79 Å². The van der Waals surface area contributed by atoms with Crippen LogP contribution in [0.1, 0.15) is 33.3 Å². The monoisotopic (exact) mass is 278 g/mol. The number of aromatic nitrogens is 1. The van der Waals surface area contributed by atoms with Crippen LogP contribution in [0, 0.1) is 0 Å². The lowest BCUT2D eigenvalue weighted by atomic mass is 10.2. The molecule has 5 nitrogen and oxygen atoms in total. The Morgan fingerprint density at radius 3 is 2.75 bits per heavy atom. The summed E-state index contributed by atoms with van der Waals surface area (Å²) in [7, 11) is 0. The number of carbonyl (C=O) groups excluding carboxylic acids is 1. The van der Waals surface area contributed by atoms with Crippen molar-refractivity contribution in [3.8, 4) is 0 Å². The van der Waals surface area contributed by atoms with E-state index in [0.29, 0.717) is 6.54 Å². The predicted molar refractivity (Wildman–Crippen MR) is 82.6 cm³/mol. The highest BCUT2D eigenvalue weighted by Crippen LogP contribution is 2.09. The van der Waals surface area contributed by atoms with Gasteiger partial charge in [-0.1, -0.05) is 6.92 Å². The number of anilines is 1. The van der Waals surface area contributed by atoms with Crippen LogP contribution in [0.2, 0.25) is 0 Å². The second kappa shape index (κ2) is 8.53.